The molecule has 0 aromatic carbocycles. The molecule has 0 amide bonds. The third-order valence-corrected chi connectivity index (χ3v) is 3.76. The van der Waals surface area contributed by atoms with Gasteiger partial charge in [-0.05, 0) is 18.9 Å². The summed E-state index contributed by atoms with van der Waals surface area (Å²) in [6.07, 6.45) is 3.68. The lowest BCUT2D eigenvalue weighted by Crippen LogP contribution is -2.26. The smallest absolute Gasteiger partial charge is 0.149 e. The number of fused-ring (bicyclic) bond motifs is 1. The molecule has 0 spiro atoms. The zero-order chi connectivity index (χ0) is 13.1. The van der Waals surface area contributed by atoms with Gasteiger partial charge in [0.05, 0.1) is 11.7 Å². The summed E-state index contributed by atoms with van der Waals surface area (Å²) in [6, 6.07) is 2.14. The van der Waals surface area contributed by atoms with Gasteiger partial charge in [0.2, 0.25) is 0 Å². The van der Waals surface area contributed by atoms with E-state index in [0.29, 0.717) is 23.6 Å². The van der Waals surface area contributed by atoms with Crippen molar-refractivity contribution in [3.63, 3.8) is 0 Å². The second-order valence-electron chi connectivity index (χ2n) is 4.56. The zero-order valence-corrected chi connectivity index (χ0v) is 11.6. The lowest BCUT2D eigenvalue weighted by Gasteiger charge is -2.25. The van der Waals surface area contributed by atoms with Crippen LogP contribution < -0.4 is 5.43 Å². The second-order valence-corrected chi connectivity index (χ2v) is 4.92. The molecule has 1 aromatic rings. The largest absolute Gasteiger partial charge is 0.313 e. The Morgan fingerprint density at radius 1 is 1.67 bits per heavy atom. The standard InChI is InChI=1S/C12H18ClN5/c1-8(6-16-14-3)10-7-15-12(13)11-4-5-17-18(11)9(10)2/h4-6,8-10,14H,7H2,1-3H3/b16-6-/t8?,9-,10+/m1/s1. The Balaban J connectivity index is 2.28. The molecule has 98 valence electrons. The van der Waals surface area contributed by atoms with E-state index in [2.05, 4.69) is 34.5 Å². The number of halogens is 1. The molecular weight excluding hydrogens is 250 g/mol. The maximum atomic E-state index is 6.18. The molecule has 1 aliphatic rings. The van der Waals surface area contributed by atoms with Crippen molar-refractivity contribution in [1.82, 2.24) is 15.2 Å². The molecule has 0 bridgehead atoms. The maximum absolute atomic E-state index is 6.18. The number of aliphatic imine (C=N–C) groups is 1. The normalized spacial score (nSPS) is 25.4. The van der Waals surface area contributed by atoms with Crippen LogP contribution in [0.25, 0.3) is 0 Å². The van der Waals surface area contributed by atoms with Crippen LogP contribution in [0.15, 0.2) is 22.4 Å². The predicted octanol–water partition coefficient (Wildman–Crippen LogP) is 1.90. The highest BCUT2D eigenvalue weighted by molar-refractivity contribution is 6.69. The molecule has 0 fully saturated rings. The first-order valence-electron chi connectivity index (χ1n) is 6.09. The number of aromatic nitrogens is 2. The lowest BCUT2D eigenvalue weighted by molar-refractivity contribution is 0.299. The summed E-state index contributed by atoms with van der Waals surface area (Å²) in [5.41, 5.74) is 3.67. The first-order chi connectivity index (χ1) is 8.65. The first kappa shape index (κ1) is 13.1. The number of nitrogens with zero attached hydrogens (tertiary/aromatic N) is 4. The van der Waals surface area contributed by atoms with E-state index in [1.165, 1.54) is 0 Å². The molecule has 2 heterocycles. The average molecular weight is 268 g/mol. The van der Waals surface area contributed by atoms with Gasteiger partial charge in [0.15, 0.2) is 0 Å². The van der Waals surface area contributed by atoms with E-state index in [9.17, 15) is 0 Å². The number of hydrazone groups is 1. The summed E-state index contributed by atoms with van der Waals surface area (Å²) >= 11 is 6.18. The van der Waals surface area contributed by atoms with E-state index in [4.69, 9.17) is 11.6 Å². The minimum atomic E-state index is 0.244. The molecule has 0 saturated carbocycles. The zero-order valence-electron chi connectivity index (χ0n) is 10.8. The van der Waals surface area contributed by atoms with Crippen LogP contribution in [0.1, 0.15) is 25.6 Å². The van der Waals surface area contributed by atoms with Gasteiger partial charge in [0.1, 0.15) is 5.17 Å². The van der Waals surface area contributed by atoms with Gasteiger partial charge in [-0.25, -0.2) is 0 Å². The van der Waals surface area contributed by atoms with Crippen molar-refractivity contribution in [3.8, 4) is 0 Å². The Morgan fingerprint density at radius 3 is 3.17 bits per heavy atom. The number of hydrogen-bond acceptors (Lipinski definition) is 4. The van der Waals surface area contributed by atoms with E-state index in [0.717, 1.165) is 5.69 Å². The Labute approximate surface area is 112 Å². The van der Waals surface area contributed by atoms with E-state index in [-0.39, 0.29) is 6.04 Å². The van der Waals surface area contributed by atoms with Crippen molar-refractivity contribution in [2.24, 2.45) is 21.9 Å². The molecule has 0 aliphatic carbocycles. The molecule has 2 rings (SSSR count). The van der Waals surface area contributed by atoms with Crippen molar-refractivity contribution in [1.29, 1.82) is 0 Å². The minimum absolute atomic E-state index is 0.244. The number of nitrogens with one attached hydrogen (secondary N) is 1. The van der Waals surface area contributed by atoms with E-state index < -0.39 is 0 Å². The molecule has 1 aromatic heterocycles. The molecule has 18 heavy (non-hydrogen) atoms. The third kappa shape index (κ3) is 2.41. The van der Waals surface area contributed by atoms with E-state index in [1.807, 2.05) is 17.0 Å². The van der Waals surface area contributed by atoms with Gasteiger partial charge in [-0.15, -0.1) is 0 Å². The lowest BCUT2D eigenvalue weighted by atomic mass is 9.89. The van der Waals surface area contributed by atoms with Gasteiger partial charge in [0.25, 0.3) is 0 Å². The quantitative estimate of drug-likeness (QED) is 0.672. The Hall–Kier alpha value is -1.36. The molecule has 3 atom stereocenters. The van der Waals surface area contributed by atoms with Gasteiger partial charge < -0.3 is 5.43 Å². The maximum Gasteiger partial charge on any atom is 0.149 e. The van der Waals surface area contributed by atoms with Crippen molar-refractivity contribution >= 4 is 23.0 Å². The molecule has 0 saturated heterocycles. The van der Waals surface area contributed by atoms with E-state index in [1.54, 1.807) is 13.2 Å². The number of hydrogen-bond donors (Lipinski definition) is 1. The summed E-state index contributed by atoms with van der Waals surface area (Å²) in [4.78, 5) is 4.44. The first-order valence-corrected chi connectivity index (χ1v) is 6.46. The van der Waals surface area contributed by atoms with Crippen LogP contribution >= 0.6 is 11.6 Å². The van der Waals surface area contributed by atoms with Crippen molar-refractivity contribution < 1.29 is 0 Å². The van der Waals surface area contributed by atoms with Crippen molar-refractivity contribution in [2.75, 3.05) is 13.6 Å². The van der Waals surface area contributed by atoms with Crippen molar-refractivity contribution in [2.45, 2.75) is 19.9 Å². The summed E-state index contributed by atoms with van der Waals surface area (Å²) in [5.74, 6) is 0.632. The highest BCUT2D eigenvalue weighted by atomic mass is 35.5. The van der Waals surface area contributed by atoms with Crippen LogP contribution in [0.5, 0.6) is 0 Å². The Bertz CT molecular complexity index is 465. The van der Waals surface area contributed by atoms with Crippen molar-refractivity contribution in [3.05, 3.63) is 18.0 Å². The fraction of sp³-hybridized carbons (Fsp3) is 0.583. The van der Waals surface area contributed by atoms with Gasteiger partial charge in [-0.3, -0.25) is 9.67 Å². The Morgan fingerprint density at radius 2 is 2.44 bits per heavy atom. The number of rotatable bonds is 3. The highest BCUT2D eigenvalue weighted by Crippen LogP contribution is 2.29. The summed E-state index contributed by atoms with van der Waals surface area (Å²) in [7, 11) is 1.79. The summed E-state index contributed by atoms with van der Waals surface area (Å²) < 4.78 is 1.95. The molecule has 5 nitrogen and oxygen atoms in total. The van der Waals surface area contributed by atoms with Crippen LogP contribution in [-0.2, 0) is 0 Å². The van der Waals surface area contributed by atoms with E-state index >= 15 is 0 Å². The van der Waals surface area contributed by atoms with Gasteiger partial charge in [0, 0.05) is 31.9 Å². The molecular formula is C12H18ClN5. The predicted molar refractivity (Wildman–Crippen MR) is 74.4 cm³/mol. The molecule has 1 unspecified atom stereocenters. The molecule has 0 radical (unpaired) electrons. The monoisotopic (exact) mass is 267 g/mol. The summed E-state index contributed by atoms with van der Waals surface area (Å²) in [5, 5.41) is 8.98. The van der Waals surface area contributed by atoms with Gasteiger partial charge in [-0.2, -0.15) is 10.2 Å². The molecule has 1 aliphatic heterocycles. The minimum Gasteiger partial charge on any atom is -0.313 e. The van der Waals surface area contributed by atoms with Crippen LogP contribution in [0.2, 0.25) is 0 Å². The average Bonchev–Trinajstić information content (AvgIpc) is 2.81. The van der Waals surface area contributed by atoms with Gasteiger partial charge >= 0.3 is 0 Å². The van der Waals surface area contributed by atoms with Crippen LogP contribution in [0.4, 0.5) is 0 Å². The Kier molecular flexibility index (Phi) is 4.01. The molecule has 1 N–H and O–H groups in total. The van der Waals surface area contributed by atoms with Gasteiger partial charge in [-0.1, -0.05) is 18.5 Å². The fourth-order valence-corrected chi connectivity index (χ4v) is 2.53. The topological polar surface area (TPSA) is 54.6 Å². The SMILES string of the molecule is CN/N=C\C(C)[C@@H]1CN=C(Cl)c2ccnn2[C@@H]1C. The molecule has 6 heteroatoms. The second kappa shape index (κ2) is 5.52. The van der Waals surface area contributed by atoms with Crippen LogP contribution in [-0.4, -0.2) is 34.8 Å². The van der Waals surface area contributed by atoms with Crippen LogP contribution in [0.3, 0.4) is 0 Å². The fourth-order valence-electron chi connectivity index (χ4n) is 2.31. The highest BCUT2D eigenvalue weighted by Gasteiger charge is 2.29. The van der Waals surface area contributed by atoms with Crippen LogP contribution in [0, 0.1) is 11.8 Å². The summed E-state index contributed by atoms with van der Waals surface area (Å²) in [6.45, 7) is 4.98. The third-order valence-electron chi connectivity index (χ3n) is 3.44.